The van der Waals surface area contributed by atoms with Crippen molar-refractivity contribution in [3.05, 3.63) is 102 Å². The van der Waals surface area contributed by atoms with E-state index in [2.05, 4.69) is 39.9 Å². The molecule has 1 atom stereocenters. The Morgan fingerprint density at radius 3 is 2.32 bits per heavy atom. The van der Waals surface area contributed by atoms with Gasteiger partial charge in [-0.3, -0.25) is 9.59 Å². The number of nitrogens with one attached hydrogen (secondary N) is 2. The van der Waals surface area contributed by atoms with Crippen LogP contribution in [-0.2, 0) is 11.2 Å². The van der Waals surface area contributed by atoms with Crippen LogP contribution in [0.25, 0.3) is 0 Å². The molecular formula is C26H24N4O3S. The molecule has 0 fully saturated rings. The molecule has 4 rings (SSSR count). The number of aromatic nitrogens is 2. The van der Waals surface area contributed by atoms with Gasteiger partial charge in [-0.2, -0.15) is 0 Å². The van der Waals surface area contributed by atoms with E-state index in [1.54, 1.807) is 36.4 Å². The van der Waals surface area contributed by atoms with Crippen molar-refractivity contribution in [3.63, 3.8) is 0 Å². The number of anilines is 2. The summed E-state index contributed by atoms with van der Waals surface area (Å²) in [5.74, 6) is 0.263. The molecule has 0 saturated heterocycles. The third kappa shape index (κ3) is 6.32. The van der Waals surface area contributed by atoms with E-state index in [0.29, 0.717) is 34.5 Å². The lowest BCUT2D eigenvalue weighted by atomic mass is 9.98. The first-order valence-electron chi connectivity index (χ1n) is 10.8. The Morgan fingerprint density at radius 1 is 0.882 bits per heavy atom. The van der Waals surface area contributed by atoms with Gasteiger partial charge in [0.15, 0.2) is 0 Å². The Balaban J connectivity index is 1.31. The summed E-state index contributed by atoms with van der Waals surface area (Å²) in [5.41, 5.74) is 2.69. The molecule has 3 aromatic carbocycles. The molecule has 0 aliphatic carbocycles. The molecule has 0 bridgehead atoms. The highest BCUT2D eigenvalue weighted by Crippen LogP contribution is 2.23. The van der Waals surface area contributed by atoms with Crippen LogP contribution in [0.4, 0.5) is 11.4 Å². The quantitative estimate of drug-likeness (QED) is 0.317. The minimum absolute atomic E-state index is 0.0739. The highest BCUT2D eigenvalue weighted by atomic mass is 32.2. The van der Waals surface area contributed by atoms with Crippen molar-refractivity contribution < 1.29 is 14.0 Å². The molecule has 0 aliphatic heterocycles. The topological polar surface area (TPSA) is 97.1 Å². The van der Waals surface area contributed by atoms with Crippen LogP contribution in [0.1, 0.15) is 34.7 Å². The van der Waals surface area contributed by atoms with Crippen LogP contribution in [0.2, 0.25) is 0 Å². The second-order valence-corrected chi connectivity index (χ2v) is 8.61. The van der Waals surface area contributed by atoms with Crippen LogP contribution < -0.4 is 10.6 Å². The Labute approximate surface area is 202 Å². The smallest absolute Gasteiger partial charge is 0.277 e. The molecule has 0 saturated carbocycles. The van der Waals surface area contributed by atoms with E-state index in [1.165, 1.54) is 5.56 Å². The Kier molecular flexibility index (Phi) is 7.72. The molecule has 1 aromatic heterocycles. The Hall–Kier alpha value is -3.91. The maximum atomic E-state index is 12.7. The van der Waals surface area contributed by atoms with Crippen LogP contribution in [-0.4, -0.2) is 27.8 Å². The second-order valence-electron chi connectivity index (χ2n) is 7.68. The average Bonchev–Trinajstić information content (AvgIpc) is 3.31. The van der Waals surface area contributed by atoms with Gasteiger partial charge in [0, 0.05) is 12.1 Å². The van der Waals surface area contributed by atoms with Gasteiger partial charge in [-0.25, -0.2) is 0 Å². The Morgan fingerprint density at radius 2 is 1.56 bits per heavy atom. The molecule has 8 heteroatoms. The molecule has 7 nitrogen and oxygen atoms in total. The number of hydrogen-bond acceptors (Lipinski definition) is 6. The molecule has 1 heterocycles. The lowest BCUT2D eigenvalue weighted by Gasteiger charge is -2.11. The number of thioether (sulfide) groups is 1. The molecule has 2 N–H and O–H groups in total. The van der Waals surface area contributed by atoms with E-state index in [0.717, 1.165) is 11.8 Å². The summed E-state index contributed by atoms with van der Waals surface area (Å²) < 4.78 is 5.70. The SMILES string of the molecule is CC(Cc1nnc(SCC(=O)Nc2ccccc2C(=O)Nc2ccccc2)o1)c1ccccc1. The average molecular weight is 473 g/mol. The number of benzene rings is 3. The zero-order valence-corrected chi connectivity index (χ0v) is 19.4. The molecule has 0 radical (unpaired) electrons. The van der Waals surface area contributed by atoms with Gasteiger partial charge in [0.1, 0.15) is 0 Å². The molecule has 34 heavy (non-hydrogen) atoms. The van der Waals surface area contributed by atoms with Crippen molar-refractivity contribution in [3.8, 4) is 0 Å². The van der Waals surface area contributed by atoms with Crippen molar-refractivity contribution in [1.29, 1.82) is 0 Å². The van der Waals surface area contributed by atoms with E-state index in [4.69, 9.17) is 4.42 Å². The largest absolute Gasteiger partial charge is 0.416 e. The summed E-state index contributed by atoms with van der Waals surface area (Å²) in [6.45, 7) is 2.10. The van der Waals surface area contributed by atoms with Gasteiger partial charge >= 0.3 is 0 Å². The van der Waals surface area contributed by atoms with Crippen molar-refractivity contribution in [2.24, 2.45) is 0 Å². The van der Waals surface area contributed by atoms with E-state index < -0.39 is 0 Å². The standard InChI is InChI=1S/C26H24N4O3S/c1-18(19-10-4-2-5-11-19)16-24-29-30-26(33-24)34-17-23(31)28-22-15-9-8-14-21(22)25(32)27-20-12-6-3-7-13-20/h2-15,18H,16-17H2,1H3,(H,27,32)(H,28,31). The van der Waals surface area contributed by atoms with Gasteiger partial charge in [-0.15, -0.1) is 10.2 Å². The van der Waals surface area contributed by atoms with Gasteiger partial charge in [-0.1, -0.05) is 79.3 Å². The van der Waals surface area contributed by atoms with Crippen LogP contribution in [0.15, 0.2) is 94.6 Å². The third-order valence-corrected chi connectivity index (χ3v) is 5.92. The normalized spacial score (nSPS) is 11.6. The first kappa shape index (κ1) is 23.3. The van der Waals surface area contributed by atoms with Gasteiger partial charge < -0.3 is 15.1 Å². The second kappa shape index (κ2) is 11.3. The van der Waals surface area contributed by atoms with Crippen LogP contribution >= 0.6 is 11.8 Å². The molecule has 0 aliphatic rings. The first-order chi connectivity index (χ1) is 16.6. The maximum absolute atomic E-state index is 12.7. The Bertz CT molecular complexity index is 1250. The zero-order chi connectivity index (χ0) is 23.8. The number of rotatable bonds is 9. The van der Waals surface area contributed by atoms with Gasteiger partial charge in [0.05, 0.1) is 17.0 Å². The first-order valence-corrected chi connectivity index (χ1v) is 11.8. The minimum Gasteiger partial charge on any atom is -0.416 e. The molecule has 0 spiro atoms. The summed E-state index contributed by atoms with van der Waals surface area (Å²) in [6, 6.07) is 26.2. The highest BCUT2D eigenvalue weighted by Gasteiger charge is 2.16. The summed E-state index contributed by atoms with van der Waals surface area (Å²) in [4.78, 5) is 25.2. The fourth-order valence-corrected chi connectivity index (χ4v) is 3.94. The van der Waals surface area contributed by atoms with Crippen molar-refractivity contribution >= 4 is 35.0 Å². The molecular weight excluding hydrogens is 448 g/mol. The monoisotopic (exact) mass is 472 g/mol. The van der Waals surface area contributed by atoms with Crippen molar-refractivity contribution in [2.45, 2.75) is 24.5 Å². The van der Waals surface area contributed by atoms with Gasteiger partial charge in [0.25, 0.3) is 11.1 Å². The van der Waals surface area contributed by atoms with Crippen LogP contribution in [0.3, 0.4) is 0 Å². The fourth-order valence-electron chi connectivity index (χ4n) is 3.36. The summed E-state index contributed by atoms with van der Waals surface area (Å²) >= 11 is 1.16. The zero-order valence-electron chi connectivity index (χ0n) is 18.6. The van der Waals surface area contributed by atoms with Crippen LogP contribution in [0, 0.1) is 0 Å². The number of carbonyl (C=O) groups is 2. The number of carbonyl (C=O) groups excluding carboxylic acids is 2. The van der Waals surface area contributed by atoms with Crippen molar-refractivity contribution in [1.82, 2.24) is 10.2 Å². The molecule has 1 unspecified atom stereocenters. The molecule has 172 valence electrons. The van der Waals surface area contributed by atoms with Gasteiger partial charge in [0.2, 0.25) is 11.8 Å². The van der Waals surface area contributed by atoms with Crippen molar-refractivity contribution in [2.75, 3.05) is 16.4 Å². The number of nitrogens with zero attached hydrogens (tertiary/aromatic N) is 2. The minimum atomic E-state index is -0.302. The van der Waals surface area contributed by atoms with E-state index in [-0.39, 0.29) is 23.5 Å². The maximum Gasteiger partial charge on any atom is 0.277 e. The highest BCUT2D eigenvalue weighted by molar-refractivity contribution is 7.99. The number of amides is 2. The number of hydrogen-bond donors (Lipinski definition) is 2. The van der Waals surface area contributed by atoms with E-state index in [9.17, 15) is 9.59 Å². The lowest BCUT2D eigenvalue weighted by Crippen LogP contribution is -2.19. The summed E-state index contributed by atoms with van der Waals surface area (Å²) in [6.07, 6.45) is 0.619. The van der Waals surface area contributed by atoms with Gasteiger partial charge in [-0.05, 0) is 35.7 Å². The van der Waals surface area contributed by atoms with E-state index >= 15 is 0 Å². The predicted molar refractivity (Wildman–Crippen MR) is 133 cm³/mol. The molecule has 4 aromatic rings. The number of para-hydroxylation sites is 2. The predicted octanol–water partition coefficient (Wildman–Crippen LogP) is 5.40. The third-order valence-electron chi connectivity index (χ3n) is 5.10. The van der Waals surface area contributed by atoms with Crippen LogP contribution in [0.5, 0.6) is 0 Å². The lowest BCUT2D eigenvalue weighted by molar-refractivity contribution is -0.113. The molecule has 2 amide bonds. The summed E-state index contributed by atoms with van der Waals surface area (Å²) in [5, 5.41) is 14.1. The van der Waals surface area contributed by atoms with E-state index in [1.807, 2.05) is 36.4 Å². The fraction of sp³-hybridized carbons (Fsp3) is 0.154. The summed E-state index contributed by atoms with van der Waals surface area (Å²) in [7, 11) is 0.